The Labute approximate surface area is 117 Å². The van der Waals surface area contributed by atoms with E-state index in [0.717, 1.165) is 5.69 Å². The van der Waals surface area contributed by atoms with E-state index in [1.54, 1.807) is 31.3 Å². The first-order chi connectivity index (χ1) is 9.70. The van der Waals surface area contributed by atoms with Crippen LogP contribution >= 0.6 is 0 Å². The summed E-state index contributed by atoms with van der Waals surface area (Å²) in [6.45, 7) is 2.32. The zero-order chi connectivity index (χ0) is 14.4. The van der Waals surface area contributed by atoms with Crippen molar-refractivity contribution in [2.24, 2.45) is 0 Å². The maximum Gasteiger partial charge on any atom is 0.341 e. The first-order valence-corrected chi connectivity index (χ1v) is 6.30. The molecular weight excluding hydrogens is 256 g/mol. The predicted molar refractivity (Wildman–Crippen MR) is 75.4 cm³/mol. The molecule has 0 fully saturated rings. The maximum absolute atomic E-state index is 11.8. The van der Waals surface area contributed by atoms with Gasteiger partial charge in [-0.1, -0.05) is 6.07 Å². The van der Waals surface area contributed by atoms with E-state index in [1.165, 1.54) is 0 Å². The molecule has 104 valence electrons. The van der Waals surface area contributed by atoms with Crippen molar-refractivity contribution in [2.75, 3.05) is 12.3 Å². The summed E-state index contributed by atoms with van der Waals surface area (Å²) in [7, 11) is 0. The number of hydrogen-bond donors (Lipinski definition) is 1. The molecule has 2 aromatic rings. The smallest absolute Gasteiger partial charge is 0.341 e. The van der Waals surface area contributed by atoms with Gasteiger partial charge in [0.2, 0.25) is 0 Å². The second-order valence-corrected chi connectivity index (χ2v) is 4.09. The number of hydrogen-bond acceptors (Lipinski definition) is 5. The lowest BCUT2D eigenvalue weighted by Gasteiger charge is -2.11. The van der Waals surface area contributed by atoms with Crippen LogP contribution in [-0.2, 0) is 11.3 Å². The number of aromatic nitrogens is 1. The molecule has 0 aliphatic heterocycles. The molecule has 1 aromatic carbocycles. The minimum absolute atomic E-state index is 0.261. The van der Waals surface area contributed by atoms with E-state index in [1.807, 2.05) is 18.2 Å². The Balaban J connectivity index is 2.17. The quantitative estimate of drug-likeness (QED) is 0.668. The number of nitrogens with two attached hydrogens (primary N) is 1. The Morgan fingerprint density at radius 1 is 1.30 bits per heavy atom. The molecule has 0 amide bonds. The highest BCUT2D eigenvalue weighted by Crippen LogP contribution is 2.23. The Hall–Kier alpha value is -2.56. The molecule has 1 heterocycles. The van der Waals surface area contributed by atoms with E-state index in [-0.39, 0.29) is 6.61 Å². The van der Waals surface area contributed by atoms with Gasteiger partial charge in [0.05, 0.1) is 12.3 Å². The fourth-order valence-corrected chi connectivity index (χ4v) is 1.67. The Bertz CT molecular complexity index is 585. The zero-order valence-corrected chi connectivity index (χ0v) is 11.2. The number of rotatable bonds is 5. The molecule has 0 unspecified atom stereocenters. The van der Waals surface area contributed by atoms with E-state index in [4.69, 9.17) is 15.2 Å². The van der Waals surface area contributed by atoms with Crippen molar-refractivity contribution < 1.29 is 14.3 Å². The van der Waals surface area contributed by atoms with E-state index in [2.05, 4.69) is 4.98 Å². The topological polar surface area (TPSA) is 74.4 Å². The van der Waals surface area contributed by atoms with Crippen molar-refractivity contribution in [3.05, 3.63) is 53.9 Å². The Morgan fingerprint density at radius 2 is 2.15 bits per heavy atom. The molecule has 0 aliphatic carbocycles. The number of carbonyl (C=O) groups is 1. The average Bonchev–Trinajstić information content (AvgIpc) is 2.46. The Morgan fingerprint density at radius 3 is 2.85 bits per heavy atom. The number of benzene rings is 1. The largest absolute Gasteiger partial charge is 0.486 e. The number of esters is 1. The molecule has 2 rings (SSSR count). The van der Waals surface area contributed by atoms with E-state index >= 15 is 0 Å². The van der Waals surface area contributed by atoms with Crippen LogP contribution < -0.4 is 10.5 Å². The summed E-state index contributed by atoms with van der Waals surface area (Å²) in [6.07, 6.45) is 1.68. The van der Waals surface area contributed by atoms with Crippen molar-refractivity contribution in [2.45, 2.75) is 13.5 Å². The number of nitrogens with zero attached hydrogens (tertiary/aromatic N) is 1. The lowest BCUT2D eigenvalue weighted by atomic mass is 10.2. The second-order valence-electron chi connectivity index (χ2n) is 4.09. The molecule has 20 heavy (non-hydrogen) atoms. The van der Waals surface area contributed by atoms with Gasteiger partial charge in [-0.05, 0) is 31.2 Å². The zero-order valence-electron chi connectivity index (χ0n) is 11.2. The predicted octanol–water partition coefficient (Wildman–Crippen LogP) is 2.42. The third-order valence-corrected chi connectivity index (χ3v) is 2.60. The molecule has 0 bridgehead atoms. The van der Waals surface area contributed by atoms with Gasteiger partial charge in [-0.3, -0.25) is 4.98 Å². The molecule has 0 spiro atoms. The van der Waals surface area contributed by atoms with Gasteiger partial charge in [0.1, 0.15) is 17.9 Å². The molecule has 0 saturated carbocycles. The van der Waals surface area contributed by atoms with Crippen molar-refractivity contribution in [3.63, 3.8) is 0 Å². The van der Waals surface area contributed by atoms with Crippen molar-refractivity contribution >= 4 is 11.7 Å². The fraction of sp³-hybridized carbons (Fsp3) is 0.200. The van der Waals surface area contributed by atoms with Crippen molar-refractivity contribution in [3.8, 4) is 5.75 Å². The molecule has 1 aromatic heterocycles. The van der Waals surface area contributed by atoms with E-state index in [0.29, 0.717) is 23.6 Å². The van der Waals surface area contributed by atoms with Crippen LogP contribution in [0.3, 0.4) is 0 Å². The van der Waals surface area contributed by atoms with Gasteiger partial charge in [-0.25, -0.2) is 4.79 Å². The number of carbonyl (C=O) groups excluding carboxylic acids is 1. The molecule has 5 nitrogen and oxygen atoms in total. The highest BCUT2D eigenvalue weighted by molar-refractivity contribution is 5.93. The highest BCUT2D eigenvalue weighted by Gasteiger charge is 2.14. The average molecular weight is 272 g/mol. The van der Waals surface area contributed by atoms with Crippen LogP contribution in [0.4, 0.5) is 5.69 Å². The molecule has 0 radical (unpaired) electrons. The van der Waals surface area contributed by atoms with Gasteiger partial charge < -0.3 is 15.2 Å². The fourth-order valence-electron chi connectivity index (χ4n) is 1.67. The lowest BCUT2D eigenvalue weighted by molar-refractivity contribution is 0.0521. The molecule has 0 saturated heterocycles. The monoisotopic (exact) mass is 272 g/mol. The van der Waals surface area contributed by atoms with Crippen LogP contribution in [0, 0.1) is 0 Å². The number of ether oxygens (including phenoxy) is 2. The van der Waals surface area contributed by atoms with E-state index < -0.39 is 5.97 Å². The first-order valence-electron chi connectivity index (χ1n) is 6.30. The summed E-state index contributed by atoms with van der Waals surface area (Å²) in [5.74, 6) is -0.0300. The molecule has 0 atom stereocenters. The summed E-state index contributed by atoms with van der Waals surface area (Å²) < 4.78 is 10.6. The molecular formula is C15H16N2O3. The van der Waals surface area contributed by atoms with Crippen LogP contribution in [0.2, 0.25) is 0 Å². The number of nitrogen functional groups attached to an aromatic ring is 1. The van der Waals surface area contributed by atoms with E-state index in [9.17, 15) is 4.79 Å². The van der Waals surface area contributed by atoms with Gasteiger partial charge in [0.15, 0.2) is 0 Å². The number of pyridine rings is 1. The van der Waals surface area contributed by atoms with Crippen molar-refractivity contribution in [1.29, 1.82) is 0 Å². The molecule has 5 heteroatoms. The minimum Gasteiger partial charge on any atom is -0.486 e. The second kappa shape index (κ2) is 6.56. The normalized spacial score (nSPS) is 10.1. The first kappa shape index (κ1) is 13.9. The highest BCUT2D eigenvalue weighted by atomic mass is 16.5. The Kier molecular flexibility index (Phi) is 4.55. The number of anilines is 1. The van der Waals surface area contributed by atoms with Gasteiger partial charge in [-0.15, -0.1) is 0 Å². The minimum atomic E-state index is -0.427. The standard InChI is InChI=1S/C15H16N2O3/c1-2-19-15(18)13-7-6-11(16)9-14(13)20-10-12-5-3-4-8-17-12/h3-9H,2,10,16H2,1H3. The van der Waals surface area contributed by atoms with Gasteiger partial charge in [0, 0.05) is 18.0 Å². The molecule has 2 N–H and O–H groups in total. The van der Waals surface area contributed by atoms with Crippen LogP contribution in [0.15, 0.2) is 42.6 Å². The van der Waals surface area contributed by atoms with Gasteiger partial charge in [0.25, 0.3) is 0 Å². The van der Waals surface area contributed by atoms with Crippen LogP contribution in [0.5, 0.6) is 5.75 Å². The summed E-state index contributed by atoms with van der Waals surface area (Å²) in [4.78, 5) is 16.0. The summed E-state index contributed by atoms with van der Waals surface area (Å²) in [6, 6.07) is 10.4. The third-order valence-electron chi connectivity index (χ3n) is 2.60. The van der Waals surface area contributed by atoms with Gasteiger partial charge in [-0.2, -0.15) is 0 Å². The van der Waals surface area contributed by atoms with Gasteiger partial charge >= 0.3 is 5.97 Å². The lowest BCUT2D eigenvalue weighted by Crippen LogP contribution is -2.08. The summed E-state index contributed by atoms with van der Waals surface area (Å²) in [5, 5.41) is 0. The third kappa shape index (κ3) is 3.47. The van der Waals surface area contributed by atoms with Crippen LogP contribution in [-0.4, -0.2) is 17.6 Å². The molecule has 0 aliphatic rings. The van der Waals surface area contributed by atoms with Crippen molar-refractivity contribution in [1.82, 2.24) is 4.98 Å². The summed E-state index contributed by atoms with van der Waals surface area (Å²) in [5.41, 5.74) is 7.37. The summed E-state index contributed by atoms with van der Waals surface area (Å²) >= 11 is 0. The van der Waals surface area contributed by atoms with Crippen LogP contribution in [0.1, 0.15) is 23.0 Å². The van der Waals surface area contributed by atoms with Crippen LogP contribution in [0.25, 0.3) is 0 Å². The SMILES string of the molecule is CCOC(=O)c1ccc(N)cc1OCc1ccccn1. The maximum atomic E-state index is 11.8.